The van der Waals surface area contributed by atoms with Gasteiger partial charge in [-0.3, -0.25) is 3.97 Å². The summed E-state index contributed by atoms with van der Waals surface area (Å²) in [6, 6.07) is 4.06. The molecule has 0 atom stereocenters. The van der Waals surface area contributed by atoms with E-state index in [0.29, 0.717) is 0 Å². The lowest BCUT2D eigenvalue weighted by atomic mass is 9.80. The van der Waals surface area contributed by atoms with E-state index in [-0.39, 0.29) is 11.2 Å². The van der Waals surface area contributed by atoms with Crippen molar-refractivity contribution < 1.29 is 13.7 Å². The first kappa shape index (κ1) is 17.4. The van der Waals surface area contributed by atoms with Crippen molar-refractivity contribution in [2.24, 2.45) is 0 Å². The van der Waals surface area contributed by atoms with E-state index in [2.05, 4.69) is 66.1 Å². The molecule has 130 valence electrons. The lowest BCUT2D eigenvalue weighted by Gasteiger charge is -2.32. The van der Waals surface area contributed by atoms with Crippen molar-refractivity contribution in [3.8, 4) is 11.1 Å². The van der Waals surface area contributed by atoms with Crippen LogP contribution in [-0.4, -0.2) is 27.3 Å². The highest BCUT2D eigenvalue weighted by Crippen LogP contribution is 2.37. The van der Waals surface area contributed by atoms with Crippen molar-refractivity contribution in [2.45, 2.75) is 38.9 Å². The van der Waals surface area contributed by atoms with E-state index < -0.39 is 7.12 Å². The molecule has 25 heavy (non-hydrogen) atoms. The Labute approximate surface area is 163 Å². The van der Waals surface area contributed by atoms with E-state index in [1.54, 1.807) is 21.6 Å². The smallest absolute Gasteiger partial charge is 0.472 e. The molecule has 3 aromatic heterocycles. The quantitative estimate of drug-likeness (QED) is 0.421. The standard InChI is InChI=1S/C17H18BIN2O3S/c1-16(2)17(3,4)24-18(23-16)12-7-13-14(11-5-6-22-10-11)9-21(25-19)15(13)20-8-12/h5-10H,1-4H3. The van der Waals surface area contributed by atoms with Crippen LogP contribution in [0, 0.1) is 0 Å². The van der Waals surface area contributed by atoms with Crippen LogP contribution in [0.3, 0.4) is 0 Å². The Morgan fingerprint density at radius 2 is 1.92 bits per heavy atom. The van der Waals surface area contributed by atoms with E-state index in [1.807, 2.05) is 16.2 Å². The Morgan fingerprint density at radius 3 is 2.52 bits per heavy atom. The largest absolute Gasteiger partial charge is 0.496 e. The van der Waals surface area contributed by atoms with Gasteiger partial charge in [-0.2, -0.15) is 0 Å². The molecule has 1 aliphatic heterocycles. The highest BCUT2D eigenvalue weighted by atomic mass is 127. The van der Waals surface area contributed by atoms with E-state index in [9.17, 15) is 0 Å². The van der Waals surface area contributed by atoms with Gasteiger partial charge in [-0.25, -0.2) is 4.98 Å². The number of halogens is 1. The minimum atomic E-state index is -0.422. The molecular weight excluding hydrogens is 450 g/mol. The Morgan fingerprint density at radius 1 is 1.20 bits per heavy atom. The van der Waals surface area contributed by atoms with Crippen LogP contribution in [0.1, 0.15) is 27.7 Å². The fourth-order valence-corrected chi connectivity index (χ4v) is 4.16. The van der Waals surface area contributed by atoms with Crippen molar-refractivity contribution in [2.75, 3.05) is 0 Å². The topological polar surface area (TPSA) is 49.4 Å². The summed E-state index contributed by atoms with van der Waals surface area (Å²) in [5.74, 6) is 0. The molecule has 0 aliphatic carbocycles. The van der Waals surface area contributed by atoms with Crippen LogP contribution in [0.4, 0.5) is 0 Å². The summed E-state index contributed by atoms with van der Waals surface area (Å²) in [5.41, 5.74) is 3.21. The van der Waals surface area contributed by atoms with Crippen LogP contribution >= 0.6 is 30.3 Å². The summed E-state index contributed by atoms with van der Waals surface area (Å²) >= 11 is 2.26. The van der Waals surface area contributed by atoms with Gasteiger partial charge in [0, 0.05) is 64.7 Å². The monoisotopic (exact) mass is 468 g/mol. The number of hydrogen-bond donors (Lipinski definition) is 0. The molecule has 0 amide bonds. The maximum atomic E-state index is 6.17. The van der Waals surface area contributed by atoms with E-state index in [0.717, 1.165) is 27.6 Å². The molecule has 5 nitrogen and oxygen atoms in total. The first-order valence-electron chi connectivity index (χ1n) is 8.01. The third-order valence-electron chi connectivity index (χ3n) is 5.07. The first-order valence-corrected chi connectivity index (χ1v) is 11.3. The van der Waals surface area contributed by atoms with Crippen LogP contribution in [0.5, 0.6) is 0 Å². The average Bonchev–Trinajstić information content (AvgIpc) is 3.24. The maximum absolute atomic E-state index is 6.17. The zero-order valence-electron chi connectivity index (χ0n) is 14.4. The summed E-state index contributed by atoms with van der Waals surface area (Å²) in [7, 11) is 1.16. The molecule has 4 rings (SSSR count). The fraction of sp³-hybridized carbons (Fsp3) is 0.353. The third-order valence-corrected chi connectivity index (χ3v) is 6.77. The molecule has 0 radical (unpaired) electrons. The predicted octanol–water partition coefficient (Wildman–Crippen LogP) is 4.44. The van der Waals surface area contributed by atoms with Crippen LogP contribution in [-0.2, 0) is 9.31 Å². The molecule has 3 aromatic rings. The van der Waals surface area contributed by atoms with Gasteiger partial charge in [-0.1, -0.05) is 0 Å². The van der Waals surface area contributed by atoms with E-state index >= 15 is 0 Å². The lowest BCUT2D eigenvalue weighted by molar-refractivity contribution is 0.00578. The summed E-state index contributed by atoms with van der Waals surface area (Å²) in [4.78, 5) is 4.67. The van der Waals surface area contributed by atoms with Gasteiger partial charge in [-0.05, 0) is 39.8 Å². The van der Waals surface area contributed by atoms with Gasteiger partial charge in [0.1, 0.15) is 0 Å². The van der Waals surface area contributed by atoms with Crippen LogP contribution < -0.4 is 5.46 Å². The zero-order chi connectivity index (χ0) is 17.8. The SMILES string of the molecule is CC1(C)OB(c2cnc3c(c2)c(-c2ccoc2)cn3SI)OC1(C)C. The molecule has 1 fully saturated rings. The second-order valence-corrected chi connectivity index (χ2v) is 8.89. The Kier molecular flexibility index (Phi) is 4.21. The van der Waals surface area contributed by atoms with Crippen molar-refractivity contribution >= 4 is 53.9 Å². The van der Waals surface area contributed by atoms with Gasteiger partial charge in [0.25, 0.3) is 0 Å². The van der Waals surface area contributed by atoms with Gasteiger partial charge in [0.05, 0.1) is 23.7 Å². The molecule has 0 N–H and O–H groups in total. The van der Waals surface area contributed by atoms with Crippen molar-refractivity contribution in [3.63, 3.8) is 0 Å². The number of aromatic nitrogens is 2. The number of nitrogens with zero attached hydrogens (tertiary/aromatic N) is 2. The minimum Gasteiger partial charge on any atom is -0.472 e. The van der Waals surface area contributed by atoms with Crippen LogP contribution in [0.15, 0.2) is 41.5 Å². The number of fused-ring (bicyclic) bond motifs is 1. The first-order chi connectivity index (χ1) is 11.8. The molecule has 1 aliphatic rings. The van der Waals surface area contributed by atoms with Gasteiger partial charge in [0.15, 0.2) is 5.65 Å². The van der Waals surface area contributed by atoms with Crippen LogP contribution in [0.25, 0.3) is 22.2 Å². The van der Waals surface area contributed by atoms with Gasteiger partial charge >= 0.3 is 7.12 Å². The van der Waals surface area contributed by atoms with E-state index in [1.165, 1.54) is 0 Å². The lowest BCUT2D eigenvalue weighted by Crippen LogP contribution is -2.41. The molecule has 0 aromatic carbocycles. The molecule has 0 unspecified atom stereocenters. The number of pyridine rings is 1. The van der Waals surface area contributed by atoms with Crippen molar-refractivity contribution in [1.82, 2.24) is 8.96 Å². The summed E-state index contributed by atoms with van der Waals surface area (Å²) in [6.07, 6.45) is 7.35. The molecule has 0 spiro atoms. The second-order valence-electron chi connectivity index (χ2n) is 7.18. The Bertz CT molecular complexity index is 908. The van der Waals surface area contributed by atoms with E-state index in [4.69, 9.17) is 13.7 Å². The third kappa shape index (κ3) is 2.83. The van der Waals surface area contributed by atoms with Gasteiger partial charge in [0.2, 0.25) is 0 Å². The predicted molar refractivity (Wildman–Crippen MR) is 110 cm³/mol. The summed E-state index contributed by atoms with van der Waals surface area (Å²) < 4.78 is 19.6. The fourth-order valence-electron chi connectivity index (χ4n) is 2.90. The Balaban J connectivity index is 1.82. The number of rotatable bonds is 3. The molecular formula is C17H18BIN2O3S. The van der Waals surface area contributed by atoms with Crippen LogP contribution in [0.2, 0.25) is 0 Å². The zero-order valence-corrected chi connectivity index (χ0v) is 17.4. The molecule has 0 bridgehead atoms. The second kappa shape index (κ2) is 6.04. The highest BCUT2D eigenvalue weighted by molar-refractivity contribution is 14.2. The average molecular weight is 468 g/mol. The highest BCUT2D eigenvalue weighted by Gasteiger charge is 2.51. The minimum absolute atomic E-state index is 0.371. The molecule has 4 heterocycles. The maximum Gasteiger partial charge on any atom is 0.496 e. The summed E-state index contributed by atoms with van der Waals surface area (Å²) in [6.45, 7) is 8.22. The normalized spacial score (nSPS) is 19.0. The number of hydrogen-bond acceptors (Lipinski definition) is 5. The molecule has 0 saturated carbocycles. The van der Waals surface area contributed by atoms with Crippen molar-refractivity contribution in [1.29, 1.82) is 0 Å². The molecule has 8 heteroatoms. The number of furan rings is 1. The summed E-state index contributed by atoms with van der Waals surface area (Å²) in [5, 5.41) is 1.05. The van der Waals surface area contributed by atoms with Gasteiger partial charge in [-0.15, -0.1) is 0 Å². The Hall–Kier alpha value is -0.965. The van der Waals surface area contributed by atoms with Gasteiger partial charge < -0.3 is 13.7 Å². The molecule has 1 saturated heterocycles. The van der Waals surface area contributed by atoms with Crippen molar-refractivity contribution in [3.05, 3.63) is 37.1 Å².